The second kappa shape index (κ2) is 7.35. The van der Waals surface area contributed by atoms with Crippen molar-refractivity contribution < 1.29 is 0 Å². The Balaban J connectivity index is 1.92. The third-order valence-corrected chi connectivity index (χ3v) is 5.01. The van der Waals surface area contributed by atoms with Gasteiger partial charge >= 0.3 is 0 Å². The van der Waals surface area contributed by atoms with Crippen LogP contribution in [0.15, 0.2) is 29.1 Å². The van der Waals surface area contributed by atoms with Gasteiger partial charge in [0, 0.05) is 6.07 Å². The number of halogens is 2. The molecule has 4 rings (SSSR count). The molecule has 0 aliphatic rings. The Bertz CT molecular complexity index is 1330. The molecule has 30 heavy (non-hydrogen) atoms. The van der Waals surface area contributed by atoms with Crippen molar-refractivity contribution in [2.45, 2.75) is 13.0 Å². The number of nitrogen functional groups attached to an aromatic ring is 3. The van der Waals surface area contributed by atoms with Crippen LogP contribution in [0.1, 0.15) is 18.8 Å². The molecule has 0 amide bonds. The van der Waals surface area contributed by atoms with Crippen LogP contribution in [0, 0.1) is 0 Å². The number of fused-ring (bicyclic) bond motifs is 1. The molecule has 4 aromatic rings. The molecule has 3 aromatic heterocycles. The number of aromatic nitrogens is 6. The summed E-state index contributed by atoms with van der Waals surface area (Å²) in [6.07, 6.45) is 0. The molecular weight excluding hydrogens is 431 g/mol. The van der Waals surface area contributed by atoms with Gasteiger partial charge in [0.1, 0.15) is 22.5 Å². The molecule has 1 unspecified atom stereocenters. The van der Waals surface area contributed by atoms with Gasteiger partial charge < -0.3 is 22.5 Å². The van der Waals surface area contributed by atoms with Gasteiger partial charge in [-0.15, -0.1) is 0 Å². The van der Waals surface area contributed by atoms with Gasteiger partial charge in [-0.3, -0.25) is 9.89 Å². The highest BCUT2D eigenvalue weighted by Crippen LogP contribution is 2.29. The fraction of sp³-hybridized carbons (Fsp3) is 0.118. The van der Waals surface area contributed by atoms with E-state index in [9.17, 15) is 4.79 Å². The van der Waals surface area contributed by atoms with Gasteiger partial charge in [0.15, 0.2) is 11.6 Å². The zero-order chi connectivity index (χ0) is 21.6. The second-order valence-corrected chi connectivity index (χ2v) is 7.21. The Morgan fingerprint density at radius 2 is 1.93 bits per heavy atom. The maximum atomic E-state index is 13.3. The Morgan fingerprint density at radius 3 is 2.63 bits per heavy atom. The summed E-state index contributed by atoms with van der Waals surface area (Å²) in [5.74, 6) is 1.01. The Kier molecular flexibility index (Phi) is 4.84. The van der Waals surface area contributed by atoms with Crippen LogP contribution in [0.4, 0.5) is 23.4 Å². The number of benzene rings is 1. The van der Waals surface area contributed by atoms with E-state index >= 15 is 0 Å². The molecule has 154 valence electrons. The van der Waals surface area contributed by atoms with Crippen LogP contribution in [0.3, 0.4) is 0 Å². The molecular formula is C17H16Cl2N10O. The highest BCUT2D eigenvalue weighted by molar-refractivity contribution is 6.35. The standard InChI is InChI=1S/C17H16Cl2N10O/c1-6(23-14-12(19)13(21)25-17(22)26-14)15-24-8-4-2-3-7(18)11(8)16(30)29(15)10-5-9(20)27-28-10/h2-6H,1H3,(H3,20,27,28)(H5,21,22,23,25,26). The van der Waals surface area contributed by atoms with Crippen molar-refractivity contribution in [3.63, 3.8) is 0 Å². The Morgan fingerprint density at radius 1 is 1.17 bits per heavy atom. The lowest BCUT2D eigenvalue weighted by atomic mass is 10.2. The van der Waals surface area contributed by atoms with E-state index in [-0.39, 0.29) is 44.7 Å². The molecule has 0 aliphatic heterocycles. The van der Waals surface area contributed by atoms with Gasteiger partial charge in [-0.05, 0) is 19.1 Å². The summed E-state index contributed by atoms with van der Waals surface area (Å²) < 4.78 is 1.31. The summed E-state index contributed by atoms with van der Waals surface area (Å²) in [6, 6.07) is 5.94. The van der Waals surface area contributed by atoms with Gasteiger partial charge in [0.25, 0.3) is 5.56 Å². The van der Waals surface area contributed by atoms with Crippen LogP contribution >= 0.6 is 23.2 Å². The van der Waals surface area contributed by atoms with E-state index in [0.29, 0.717) is 11.3 Å². The smallest absolute Gasteiger partial charge is 0.268 e. The van der Waals surface area contributed by atoms with Crippen LogP contribution < -0.4 is 28.1 Å². The van der Waals surface area contributed by atoms with Crippen molar-refractivity contribution >= 4 is 57.5 Å². The molecule has 13 heteroatoms. The number of rotatable bonds is 4. The van der Waals surface area contributed by atoms with Crippen molar-refractivity contribution in [2.24, 2.45) is 0 Å². The molecule has 0 spiro atoms. The first-order valence-corrected chi connectivity index (χ1v) is 9.39. The molecule has 0 saturated carbocycles. The summed E-state index contributed by atoms with van der Waals surface area (Å²) in [4.78, 5) is 25.8. The number of H-pyrrole nitrogens is 1. The van der Waals surface area contributed by atoms with Crippen LogP contribution in [0.5, 0.6) is 0 Å². The third-order valence-electron chi connectivity index (χ3n) is 4.32. The topological polar surface area (TPSA) is 179 Å². The van der Waals surface area contributed by atoms with E-state index in [1.807, 2.05) is 0 Å². The van der Waals surface area contributed by atoms with E-state index in [1.54, 1.807) is 25.1 Å². The van der Waals surface area contributed by atoms with E-state index in [1.165, 1.54) is 10.6 Å². The minimum Gasteiger partial charge on any atom is -0.384 e. The van der Waals surface area contributed by atoms with E-state index in [0.717, 1.165) is 0 Å². The normalized spacial score (nSPS) is 12.2. The Hall–Kier alpha value is -3.57. The van der Waals surface area contributed by atoms with Crippen LogP contribution in [-0.4, -0.2) is 29.7 Å². The van der Waals surface area contributed by atoms with Gasteiger partial charge in [-0.1, -0.05) is 29.3 Å². The van der Waals surface area contributed by atoms with Gasteiger partial charge in [-0.25, -0.2) is 9.55 Å². The molecule has 8 N–H and O–H groups in total. The summed E-state index contributed by atoms with van der Waals surface area (Å²) in [5, 5.41) is 10.4. The average molecular weight is 447 g/mol. The first-order chi connectivity index (χ1) is 14.3. The fourth-order valence-corrected chi connectivity index (χ4v) is 3.40. The SMILES string of the molecule is CC(Nc1nc(N)nc(N)c1Cl)c1nc2cccc(Cl)c2c(=O)n1-c1cc(N)[nH]n1. The first-order valence-electron chi connectivity index (χ1n) is 8.63. The van der Waals surface area contributed by atoms with Crippen molar-refractivity contribution in [3.05, 3.63) is 50.5 Å². The minimum atomic E-state index is -0.579. The van der Waals surface area contributed by atoms with Gasteiger partial charge in [-0.2, -0.15) is 15.1 Å². The molecule has 0 saturated heterocycles. The van der Waals surface area contributed by atoms with Crippen molar-refractivity contribution in [1.29, 1.82) is 0 Å². The summed E-state index contributed by atoms with van der Waals surface area (Å²) in [5.41, 5.74) is 17.2. The highest BCUT2D eigenvalue weighted by Gasteiger charge is 2.22. The highest BCUT2D eigenvalue weighted by atomic mass is 35.5. The van der Waals surface area contributed by atoms with Crippen LogP contribution in [0.2, 0.25) is 10.0 Å². The molecule has 11 nitrogen and oxygen atoms in total. The lowest BCUT2D eigenvalue weighted by molar-refractivity contribution is 0.720. The monoisotopic (exact) mass is 446 g/mol. The van der Waals surface area contributed by atoms with Crippen molar-refractivity contribution in [2.75, 3.05) is 22.5 Å². The number of nitrogens with zero attached hydrogens (tertiary/aromatic N) is 5. The second-order valence-electron chi connectivity index (χ2n) is 6.42. The predicted octanol–water partition coefficient (Wildman–Crippen LogP) is 2.13. The number of nitrogens with two attached hydrogens (primary N) is 3. The number of aromatic amines is 1. The number of nitrogens with one attached hydrogen (secondary N) is 2. The van der Waals surface area contributed by atoms with Crippen molar-refractivity contribution in [3.8, 4) is 5.82 Å². The molecule has 0 radical (unpaired) electrons. The number of anilines is 4. The lowest BCUT2D eigenvalue weighted by Gasteiger charge is -2.20. The fourth-order valence-electron chi connectivity index (χ4n) is 3.01. The van der Waals surface area contributed by atoms with Crippen molar-refractivity contribution in [1.82, 2.24) is 29.7 Å². The molecule has 0 fully saturated rings. The summed E-state index contributed by atoms with van der Waals surface area (Å²) >= 11 is 12.5. The van der Waals surface area contributed by atoms with Crippen LogP contribution in [0.25, 0.3) is 16.7 Å². The van der Waals surface area contributed by atoms with Gasteiger partial charge in [0.2, 0.25) is 5.95 Å². The van der Waals surface area contributed by atoms with Crippen LogP contribution in [-0.2, 0) is 0 Å². The Labute approximate surface area is 179 Å². The predicted molar refractivity (Wildman–Crippen MR) is 117 cm³/mol. The zero-order valence-corrected chi connectivity index (χ0v) is 17.0. The molecule has 1 atom stereocenters. The van der Waals surface area contributed by atoms with E-state index in [2.05, 4.69) is 30.5 Å². The lowest BCUT2D eigenvalue weighted by Crippen LogP contribution is -2.28. The number of hydrogen-bond donors (Lipinski definition) is 5. The molecule has 0 bridgehead atoms. The zero-order valence-electron chi connectivity index (χ0n) is 15.5. The summed E-state index contributed by atoms with van der Waals surface area (Å²) in [6.45, 7) is 1.76. The van der Waals surface area contributed by atoms with Gasteiger partial charge in [0.05, 0.1) is 22.0 Å². The maximum Gasteiger partial charge on any atom is 0.268 e. The van der Waals surface area contributed by atoms with E-state index in [4.69, 9.17) is 40.4 Å². The number of hydrogen-bond acceptors (Lipinski definition) is 9. The minimum absolute atomic E-state index is 0.0228. The molecule has 1 aromatic carbocycles. The van der Waals surface area contributed by atoms with E-state index < -0.39 is 11.6 Å². The average Bonchev–Trinajstić information content (AvgIpc) is 3.11. The molecule has 3 heterocycles. The quantitative estimate of drug-likeness (QED) is 0.313. The first kappa shape index (κ1) is 19.7. The summed E-state index contributed by atoms with van der Waals surface area (Å²) in [7, 11) is 0. The maximum absolute atomic E-state index is 13.3. The largest absolute Gasteiger partial charge is 0.384 e. The third kappa shape index (κ3) is 3.33. The molecule has 0 aliphatic carbocycles.